The third-order valence-electron chi connectivity index (χ3n) is 5.09. The van der Waals surface area contributed by atoms with Crippen molar-refractivity contribution >= 4 is 27.7 Å². The van der Waals surface area contributed by atoms with E-state index in [2.05, 4.69) is 15.3 Å². The summed E-state index contributed by atoms with van der Waals surface area (Å²) in [6.07, 6.45) is 2.81. The standard InChI is InChI=1S/C22H22N4O3/c1-2-11-23-20(27)19(12-14-13-24-17-9-5-3-7-15(14)17)26-21(28)16-8-4-6-10-18(16)25-22(26)29/h3-10,13,19,24H,2,11-12H2,1H3,(H,23,27)(H,25,29). The van der Waals surface area contributed by atoms with Gasteiger partial charge in [-0.25, -0.2) is 9.36 Å². The van der Waals surface area contributed by atoms with Crippen LogP contribution in [0.5, 0.6) is 0 Å². The number of carbonyl (C=O) groups is 1. The SMILES string of the molecule is CCCNC(=O)C(Cc1c[nH]c2ccccc12)n1c(=O)[nH]c2ccccc2c1=O. The first-order valence-corrected chi connectivity index (χ1v) is 9.66. The van der Waals surface area contributed by atoms with Crippen LogP contribution < -0.4 is 16.6 Å². The number of nitrogens with one attached hydrogen (secondary N) is 3. The molecule has 1 amide bonds. The van der Waals surface area contributed by atoms with Crippen molar-refractivity contribution in [1.29, 1.82) is 0 Å². The van der Waals surface area contributed by atoms with Gasteiger partial charge < -0.3 is 15.3 Å². The van der Waals surface area contributed by atoms with E-state index in [9.17, 15) is 14.4 Å². The molecule has 0 spiro atoms. The molecule has 0 saturated heterocycles. The third kappa shape index (κ3) is 3.47. The fraction of sp³-hybridized carbons (Fsp3) is 0.227. The Hall–Kier alpha value is -3.61. The van der Waals surface area contributed by atoms with Gasteiger partial charge in [0.25, 0.3) is 5.56 Å². The van der Waals surface area contributed by atoms with E-state index in [0.29, 0.717) is 17.4 Å². The zero-order chi connectivity index (χ0) is 20.4. The smallest absolute Gasteiger partial charge is 0.329 e. The summed E-state index contributed by atoms with van der Waals surface area (Å²) in [4.78, 5) is 44.8. The van der Waals surface area contributed by atoms with Crippen LogP contribution >= 0.6 is 0 Å². The predicted octanol–water partition coefficient (Wildman–Crippen LogP) is 2.48. The van der Waals surface area contributed by atoms with E-state index in [1.165, 1.54) is 0 Å². The van der Waals surface area contributed by atoms with Gasteiger partial charge in [0.2, 0.25) is 5.91 Å². The third-order valence-corrected chi connectivity index (χ3v) is 5.09. The van der Waals surface area contributed by atoms with Crippen molar-refractivity contribution in [3.05, 3.63) is 81.1 Å². The minimum atomic E-state index is -0.957. The summed E-state index contributed by atoms with van der Waals surface area (Å²) in [5.41, 5.74) is 1.20. The maximum Gasteiger partial charge on any atom is 0.329 e. The van der Waals surface area contributed by atoms with Crippen LogP contribution in [0.2, 0.25) is 0 Å². The van der Waals surface area contributed by atoms with E-state index in [4.69, 9.17) is 0 Å². The van der Waals surface area contributed by atoms with Crippen molar-refractivity contribution < 1.29 is 4.79 Å². The molecule has 7 heteroatoms. The molecular weight excluding hydrogens is 368 g/mol. The van der Waals surface area contributed by atoms with E-state index in [0.717, 1.165) is 27.5 Å². The highest BCUT2D eigenvalue weighted by atomic mass is 16.2. The minimum absolute atomic E-state index is 0.223. The number of fused-ring (bicyclic) bond motifs is 2. The average Bonchev–Trinajstić information content (AvgIpc) is 3.14. The molecule has 0 radical (unpaired) electrons. The van der Waals surface area contributed by atoms with E-state index in [1.54, 1.807) is 24.3 Å². The molecular formula is C22H22N4O3. The van der Waals surface area contributed by atoms with Gasteiger partial charge in [-0.05, 0) is 30.2 Å². The number of benzene rings is 2. The lowest BCUT2D eigenvalue weighted by molar-refractivity contribution is -0.124. The molecule has 1 unspecified atom stereocenters. The molecule has 0 saturated carbocycles. The molecule has 2 heterocycles. The quantitative estimate of drug-likeness (QED) is 0.472. The second kappa shape index (κ2) is 7.79. The number of para-hydroxylation sites is 2. The molecule has 2 aromatic carbocycles. The largest absolute Gasteiger partial charge is 0.361 e. The number of nitrogens with zero attached hydrogens (tertiary/aromatic N) is 1. The summed E-state index contributed by atoms with van der Waals surface area (Å²) >= 11 is 0. The molecule has 1 atom stereocenters. The van der Waals surface area contributed by atoms with Crippen molar-refractivity contribution in [2.75, 3.05) is 6.54 Å². The number of hydrogen-bond acceptors (Lipinski definition) is 3. The number of carbonyl (C=O) groups excluding carboxylic acids is 1. The number of rotatable bonds is 6. The Bertz CT molecular complexity index is 1300. The van der Waals surface area contributed by atoms with Gasteiger partial charge in [0.05, 0.1) is 10.9 Å². The monoisotopic (exact) mass is 390 g/mol. The summed E-state index contributed by atoms with van der Waals surface area (Å²) in [6, 6.07) is 13.6. The highest BCUT2D eigenvalue weighted by Gasteiger charge is 2.26. The van der Waals surface area contributed by atoms with Crippen LogP contribution in [0.25, 0.3) is 21.8 Å². The first-order chi connectivity index (χ1) is 14.1. The number of H-pyrrole nitrogens is 2. The molecule has 29 heavy (non-hydrogen) atoms. The van der Waals surface area contributed by atoms with Gasteiger partial charge in [0.1, 0.15) is 6.04 Å². The van der Waals surface area contributed by atoms with Crippen LogP contribution in [-0.2, 0) is 11.2 Å². The maximum atomic E-state index is 13.1. The Kier molecular flexibility index (Phi) is 5.03. The first-order valence-electron chi connectivity index (χ1n) is 9.66. The fourth-order valence-corrected chi connectivity index (χ4v) is 3.64. The van der Waals surface area contributed by atoms with Crippen LogP contribution in [0.1, 0.15) is 24.9 Å². The molecule has 7 nitrogen and oxygen atoms in total. The second-order valence-electron chi connectivity index (χ2n) is 7.02. The van der Waals surface area contributed by atoms with Crippen molar-refractivity contribution in [2.24, 2.45) is 0 Å². The number of aromatic nitrogens is 3. The molecule has 0 aliphatic carbocycles. The Morgan fingerprint density at radius 2 is 1.72 bits per heavy atom. The van der Waals surface area contributed by atoms with E-state index < -0.39 is 17.3 Å². The van der Waals surface area contributed by atoms with E-state index >= 15 is 0 Å². The molecule has 148 valence electrons. The first kappa shape index (κ1) is 18.7. The highest BCUT2D eigenvalue weighted by Crippen LogP contribution is 2.22. The Balaban J connectivity index is 1.85. The van der Waals surface area contributed by atoms with Gasteiger partial charge in [0, 0.05) is 30.1 Å². The molecule has 4 aromatic rings. The molecule has 2 aromatic heterocycles. The lowest BCUT2D eigenvalue weighted by atomic mass is 10.0. The van der Waals surface area contributed by atoms with Crippen LogP contribution in [0.15, 0.2) is 64.3 Å². The van der Waals surface area contributed by atoms with E-state index in [-0.39, 0.29) is 12.3 Å². The zero-order valence-corrected chi connectivity index (χ0v) is 16.1. The average molecular weight is 390 g/mol. The van der Waals surface area contributed by atoms with Gasteiger partial charge in [-0.1, -0.05) is 37.3 Å². The Morgan fingerprint density at radius 3 is 2.48 bits per heavy atom. The fourth-order valence-electron chi connectivity index (χ4n) is 3.64. The van der Waals surface area contributed by atoms with Gasteiger partial charge >= 0.3 is 5.69 Å². The molecule has 0 bridgehead atoms. The molecule has 3 N–H and O–H groups in total. The summed E-state index contributed by atoms with van der Waals surface area (Å²) in [7, 11) is 0. The second-order valence-corrected chi connectivity index (χ2v) is 7.02. The Labute approximate surface area is 166 Å². The van der Waals surface area contributed by atoms with Crippen LogP contribution in [0.4, 0.5) is 0 Å². The molecule has 0 fully saturated rings. The molecule has 0 aliphatic rings. The Morgan fingerprint density at radius 1 is 1.03 bits per heavy atom. The lowest BCUT2D eigenvalue weighted by Crippen LogP contribution is -2.45. The van der Waals surface area contributed by atoms with Crippen LogP contribution in [0, 0.1) is 0 Å². The summed E-state index contributed by atoms with van der Waals surface area (Å²) < 4.78 is 1.04. The summed E-state index contributed by atoms with van der Waals surface area (Å²) in [5.74, 6) is -0.347. The number of aromatic amines is 2. The van der Waals surface area contributed by atoms with Gasteiger partial charge in [-0.2, -0.15) is 0 Å². The van der Waals surface area contributed by atoms with Crippen LogP contribution in [0.3, 0.4) is 0 Å². The van der Waals surface area contributed by atoms with Crippen molar-refractivity contribution in [3.8, 4) is 0 Å². The van der Waals surface area contributed by atoms with Crippen molar-refractivity contribution in [1.82, 2.24) is 19.9 Å². The molecule has 4 rings (SSSR count). The van der Waals surface area contributed by atoms with Gasteiger partial charge in [-0.15, -0.1) is 0 Å². The zero-order valence-electron chi connectivity index (χ0n) is 16.1. The molecule has 0 aliphatic heterocycles. The topological polar surface area (TPSA) is 99.8 Å². The van der Waals surface area contributed by atoms with Gasteiger partial charge in [0.15, 0.2) is 0 Å². The summed E-state index contributed by atoms with van der Waals surface area (Å²) in [5, 5.41) is 4.17. The predicted molar refractivity (Wildman–Crippen MR) is 113 cm³/mol. The number of amides is 1. The minimum Gasteiger partial charge on any atom is -0.361 e. The summed E-state index contributed by atoms with van der Waals surface area (Å²) in [6.45, 7) is 2.42. The van der Waals surface area contributed by atoms with E-state index in [1.807, 2.05) is 37.4 Å². The number of hydrogen-bond donors (Lipinski definition) is 3. The van der Waals surface area contributed by atoms with Crippen LogP contribution in [-0.4, -0.2) is 27.0 Å². The van der Waals surface area contributed by atoms with Crippen molar-refractivity contribution in [2.45, 2.75) is 25.8 Å². The normalized spacial score (nSPS) is 12.3. The van der Waals surface area contributed by atoms with Gasteiger partial charge in [-0.3, -0.25) is 9.59 Å². The maximum absolute atomic E-state index is 13.1. The highest BCUT2D eigenvalue weighted by molar-refractivity contribution is 5.86. The lowest BCUT2D eigenvalue weighted by Gasteiger charge is -2.19. The van der Waals surface area contributed by atoms with Crippen molar-refractivity contribution in [3.63, 3.8) is 0 Å².